The van der Waals surface area contributed by atoms with Gasteiger partial charge in [-0.15, -0.1) is 0 Å². The van der Waals surface area contributed by atoms with Crippen molar-refractivity contribution in [3.63, 3.8) is 0 Å². The fourth-order valence-electron chi connectivity index (χ4n) is 1.64. The summed E-state index contributed by atoms with van der Waals surface area (Å²) >= 11 is 0. The van der Waals surface area contributed by atoms with Gasteiger partial charge in [0.1, 0.15) is 6.04 Å². The summed E-state index contributed by atoms with van der Waals surface area (Å²) in [5, 5.41) is 6.47. The average Bonchev–Trinajstić information content (AvgIpc) is 2.32. The van der Waals surface area contributed by atoms with E-state index in [0.29, 0.717) is 13.1 Å². The highest BCUT2D eigenvalue weighted by atomic mass is 16.5. The van der Waals surface area contributed by atoms with E-state index in [-0.39, 0.29) is 17.9 Å². The third kappa shape index (κ3) is 5.00. The van der Waals surface area contributed by atoms with Gasteiger partial charge in [0.2, 0.25) is 0 Å². The number of carbonyl (C=O) groups is 1. The summed E-state index contributed by atoms with van der Waals surface area (Å²) in [7, 11) is 1.38. The molecule has 6 nitrogen and oxygen atoms in total. The molecular formula is C10H20N4O2. The molecule has 0 aliphatic heterocycles. The standard InChI is InChI=1S/C10H20N4O2/c1-4-8(5-2)9(10(15)16-3)12-6-7-13-14-11/h8-9,12H,4-7H2,1-3H3. The predicted molar refractivity (Wildman–Crippen MR) is 61.9 cm³/mol. The Bertz CT molecular complexity index is 247. The maximum Gasteiger partial charge on any atom is 0.323 e. The number of methoxy groups -OCH3 is 1. The zero-order chi connectivity index (χ0) is 12.4. The molecule has 0 saturated carbocycles. The SMILES string of the molecule is CCC(CC)C(NCCN=[N+]=[N-])C(=O)OC. The van der Waals surface area contributed by atoms with Crippen LogP contribution < -0.4 is 5.32 Å². The van der Waals surface area contributed by atoms with Crippen molar-refractivity contribution in [3.05, 3.63) is 10.4 Å². The van der Waals surface area contributed by atoms with Crippen molar-refractivity contribution < 1.29 is 9.53 Å². The first kappa shape index (κ1) is 14.7. The fraction of sp³-hybridized carbons (Fsp3) is 0.900. The molecule has 1 N–H and O–H groups in total. The number of nitrogens with zero attached hydrogens (tertiary/aromatic N) is 3. The van der Waals surface area contributed by atoms with E-state index in [1.165, 1.54) is 7.11 Å². The molecule has 0 heterocycles. The van der Waals surface area contributed by atoms with E-state index in [1.807, 2.05) is 13.8 Å². The van der Waals surface area contributed by atoms with Crippen LogP contribution in [0.25, 0.3) is 10.4 Å². The van der Waals surface area contributed by atoms with Crippen LogP contribution in [0.1, 0.15) is 26.7 Å². The van der Waals surface area contributed by atoms with Crippen LogP contribution in [0, 0.1) is 5.92 Å². The highest BCUT2D eigenvalue weighted by Crippen LogP contribution is 2.14. The predicted octanol–water partition coefficient (Wildman–Crippen LogP) is 1.86. The Balaban J connectivity index is 4.30. The van der Waals surface area contributed by atoms with Gasteiger partial charge >= 0.3 is 5.97 Å². The topological polar surface area (TPSA) is 87.1 Å². The summed E-state index contributed by atoms with van der Waals surface area (Å²) in [6.07, 6.45) is 1.82. The van der Waals surface area contributed by atoms with Crippen molar-refractivity contribution >= 4 is 5.97 Å². The second kappa shape index (κ2) is 9.00. The number of carbonyl (C=O) groups excluding carboxylic acids is 1. The minimum atomic E-state index is -0.311. The summed E-state index contributed by atoms with van der Waals surface area (Å²) in [4.78, 5) is 14.2. The molecule has 0 bridgehead atoms. The molecule has 0 fully saturated rings. The second-order valence-electron chi connectivity index (χ2n) is 3.49. The largest absolute Gasteiger partial charge is 0.468 e. The molecule has 0 aromatic carbocycles. The molecule has 0 rings (SSSR count). The van der Waals surface area contributed by atoms with E-state index in [9.17, 15) is 4.79 Å². The zero-order valence-corrected chi connectivity index (χ0v) is 10.1. The van der Waals surface area contributed by atoms with E-state index < -0.39 is 0 Å². The Morgan fingerprint density at radius 3 is 2.56 bits per heavy atom. The minimum Gasteiger partial charge on any atom is -0.468 e. The second-order valence-corrected chi connectivity index (χ2v) is 3.49. The van der Waals surface area contributed by atoms with Crippen molar-refractivity contribution in [3.8, 4) is 0 Å². The van der Waals surface area contributed by atoms with Crippen molar-refractivity contribution in [2.24, 2.45) is 11.0 Å². The Hall–Kier alpha value is -1.26. The van der Waals surface area contributed by atoms with E-state index in [0.717, 1.165) is 12.8 Å². The van der Waals surface area contributed by atoms with E-state index >= 15 is 0 Å². The number of esters is 1. The van der Waals surface area contributed by atoms with Crippen molar-refractivity contribution in [2.45, 2.75) is 32.7 Å². The molecule has 16 heavy (non-hydrogen) atoms. The van der Waals surface area contributed by atoms with Gasteiger partial charge in [-0.05, 0) is 11.4 Å². The molecule has 92 valence electrons. The first-order valence-electron chi connectivity index (χ1n) is 5.53. The molecule has 6 heteroatoms. The Morgan fingerprint density at radius 2 is 2.12 bits per heavy atom. The van der Waals surface area contributed by atoms with Crippen molar-refractivity contribution in [1.29, 1.82) is 0 Å². The van der Waals surface area contributed by atoms with Crippen LogP contribution in [-0.2, 0) is 9.53 Å². The molecule has 0 saturated heterocycles. The van der Waals surface area contributed by atoms with E-state index in [1.54, 1.807) is 0 Å². The number of azide groups is 1. The van der Waals surface area contributed by atoms with Crippen LogP contribution >= 0.6 is 0 Å². The summed E-state index contributed by atoms with van der Waals surface area (Å²) < 4.78 is 4.75. The molecule has 1 atom stereocenters. The first-order chi connectivity index (χ1) is 7.71. The average molecular weight is 228 g/mol. The molecule has 0 aliphatic carbocycles. The highest BCUT2D eigenvalue weighted by Gasteiger charge is 2.25. The van der Waals surface area contributed by atoms with Gasteiger partial charge in [-0.2, -0.15) is 0 Å². The van der Waals surface area contributed by atoms with Gasteiger partial charge in [0, 0.05) is 18.0 Å². The smallest absolute Gasteiger partial charge is 0.323 e. The number of rotatable bonds is 8. The molecule has 0 amide bonds. The van der Waals surface area contributed by atoms with Crippen LogP contribution in [0.4, 0.5) is 0 Å². The third-order valence-electron chi connectivity index (χ3n) is 2.61. The lowest BCUT2D eigenvalue weighted by Gasteiger charge is -2.23. The number of hydrogen-bond donors (Lipinski definition) is 1. The maximum absolute atomic E-state index is 11.5. The monoisotopic (exact) mass is 228 g/mol. The maximum atomic E-state index is 11.5. The van der Waals surface area contributed by atoms with Gasteiger partial charge in [0.05, 0.1) is 7.11 Å². The Morgan fingerprint density at radius 1 is 1.50 bits per heavy atom. The van der Waals surface area contributed by atoms with E-state index in [2.05, 4.69) is 15.3 Å². The lowest BCUT2D eigenvalue weighted by molar-refractivity contribution is -0.144. The zero-order valence-electron chi connectivity index (χ0n) is 10.1. The lowest BCUT2D eigenvalue weighted by atomic mass is 9.94. The molecule has 0 aromatic rings. The molecule has 1 unspecified atom stereocenters. The Kier molecular flexibility index (Phi) is 8.29. The highest BCUT2D eigenvalue weighted by molar-refractivity contribution is 5.76. The van der Waals surface area contributed by atoms with Crippen LogP contribution in [0.2, 0.25) is 0 Å². The first-order valence-corrected chi connectivity index (χ1v) is 5.53. The quantitative estimate of drug-likeness (QED) is 0.226. The van der Waals surface area contributed by atoms with Gasteiger partial charge in [0.25, 0.3) is 0 Å². The van der Waals surface area contributed by atoms with Gasteiger partial charge in [-0.3, -0.25) is 4.79 Å². The van der Waals surface area contributed by atoms with Gasteiger partial charge in [-0.1, -0.05) is 31.8 Å². The minimum absolute atomic E-state index is 0.249. The summed E-state index contributed by atoms with van der Waals surface area (Å²) in [6, 6.07) is -0.311. The summed E-state index contributed by atoms with van der Waals surface area (Å²) in [6.45, 7) is 4.91. The lowest BCUT2D eigenvalue weighted by Crippen LogP contribution is -2.44. The van der Waals surface area contributed by atoms with Crippen molar-refractivity contribution in [2.75, 3.05) is 20.2 Å². The number of ether oxygens (including phenoxy) is 1. The summed E-state index contributed by atoms with van der Waals surface area (Å²) in [5.74, 6) is -0.00634. The molecule has 0 aliphatic rings. The van der Waals surface area contributed by atoms with Gasteiger partial charge in [-0.25, -0.2) is 0 Å². The summed E-state index contributed by atoms with van der Waals surface area (Å²) in [5.41, 5.74) is 8.13. The fourth-order valence-corrected chi connectivity index (χ4v) is 1.64. The van der Waals surface area contributed by atoms with Gasteiger partial charge in [0.15, 0.2) is 0 Å². The molecular weight excluding hydrogens is 208 g/mol. The van der Waals surface area contributed by atoms with Crippen LogP contribution in [-0.4, -0.2) is 32.2 Å². The molecule has 0 spiro atoms. The van der Waals surface area contributed by atoms with Crippen LogP contribution in [0.5, 0.6) is 0 Å². The number of nitrogens with one attached hydrogen (secondary N) is 1. The van der Waals surface area contributed by atoms with Crippen molar-refractivity contribution in [1.82, 2.24) is 5.32 Å². The number of hydrogen-bond acceptors (Lipinski definition) is 4. The third-order valence-corrected chi connectivity index (χ3v) is 2.61. The van der Waals surface area contributed by atoms with Crippen LogP contribution in [0.3, 0.4) is 0 Å². The Labute approximate surface area is 96.0 Å². The van der Waals surface area contributed by atoms with Crippen LogP contribution in [0.15, 0.2) is 5.11 Å². The van der Waals surface area contributed by atoms with E-state index in [4.69, 9.17) is 10.3 Å². The molecule has 0 radical (unpaired) electrons. The van der Waals surface area contributed by atoms with Gasteiger partial charge < -0.3 is 10.1 Å². The molecule has 0 aromatic heterocycles. The normalized spacial score (nSPS) is 12.0.